The third-order valence-electron chi connectivity index (χ3n) is 2.45. The van der Waals surface area contributed by atoms with Crippen molar-refractivity contribution in [3.8, 4) is 0 Å². The number of anilines is 1. The summed E-state index contributed by atoms with van der Waals surface area (Å²) < 4.78 is 1.69. The van der Waals surface area contributed by atoms with Gasteiger partial charge in [0.2, 0.25) is 0 Å². The van der Waals surface area contributed by atoms with Crippen LogP contribution in [-0.2, 0) is 0 Å². The molecule has 0 saturated carbocycles. The summed E-state index contributed by atoms with van der Waals surface area (Å²) in [5, 5.41) is 10.2. The maximum absolute atomic E-state index is 4.52. The Bertz CT molecular complexity index is 731. The van der Waals surface area contributed by atoms with E-state index < -0.39 is 0 Å². The second-order valence-corrected chi connectivity index (χ2v) is 4.40. The maximum Gasteiger partial charge on any atom is 0.158 e. The Morgan fingerprint density at radius 1 is 1.28 bits per heavy atom. The summed E-state index contributed by atoms with van der Waals surface area (Å²) in [6.07, 6.45) is 9.17. The highest BCUT2D eigenvalue weighted by Crippen LogP contribution is 2.17. The number of fused-ring (bicyclic) bond motifs is 1. The zero-order valence-corrected chi connectivity index (χ0v) is 12.1. The number of nitrogens with zero attached hydrogens (tertiary/aromatic N) is 3. The van der Waals surface area contributed by atoms with Crippen LogP contribution in [0.1, 0.15) is 0 Å². The van der Waals surface area contributed by atoms with Gasteiger partial charge in [-0.2, -0.15) is 5.10 Å². The number of nitrogens with one attached hydrogen (secondary N) is 1. The molecule has 2 aromatic rings. The van der Waals surface area contributed by atoms with E-state index in [9.17, 15) is 0 Å². The lowest BCUT2D eigenvalue weighted by molar-refractivity contribution is 1.03. The van der Waals surface area contributed by atoms with Gasteiger partial charge in [0.05, 0.1) is 5.35 Å². The van der Waals surface area contributed by atoms with Crippen molar-refractivity contribution in [2.75, 3.05) is 5.09 Å². The van der Waals surface area contributed by atoms with Crippen molar-refractivity contribution in [3.05, 3.63) is 42.1 Å². The predicted molar refractivity (Wildman–Crippen MR) is 84.5 cm³/mol. The predicted octanol–water partition coefficient (Wildman–Crippen LogP) is 1.20. The van der Waals surface area contributed by atoms with Crippen LogP contribution in [0.15, 0.2) is 31.5 Å². The fourth-order valence-electron chi connectivity index (χ4n) is 1.77. The summed E-state index contributed by atoms with van der Waals surface area (Å²) in [7, 11) is 4.96. The van der Waals surface area contributed by atoms with Crippen molar-refractivity contribution in [1.29, 1.82) is 0 Å². The summed E-state index contributed by atoms with van der Waals surface area (Å²) in [5.41, 5.74) is 0.814. The molecule has 2 heterocycles. The van der Waals surface area contributed by atoms with Gasteiger partial charge in [0, 0.05) is 16.8 Å². The standard InChI is InChI=1S/C12H14N4P2/c1-3-5-8-9-7-16(18)14-11(9)12(15-17)13-10(8)6-4-2/h3-7H,1-2,17-18H2,(H,13,15)/b8-5-,10-6+. The fourth-order valence-corrected chi connectivity index (χ4v) is 2.23. The molecule has 0 spiro atoms. The maximum atomic E-state index is 4.52. The van der Waals surface area contributed by atoms with Gasteiger partial charge in [-0.1, -0.05) is 31.4 Å². The highest BCUT2D eigenvalue weighted by Gasteiger charge is 2.08. The van der Waals surface area contributed by atoms with E-state index >= 15 is 0 Å². The second kappa shape index (κ2) is 5.43. The summed E-state index contributed by atoms with van der Waals surface area (Å²) in [6, 6.07) is 0. The van der Waals surface area contributed by atoms with E-state index in [-0.39, 0.29) is 0 Å². The number of allylic oxidation sites excluding steroid dienone is 2. The quantitative estimate of drug-likeness (QED) is 0.857. The molecule has 0 fully saturated rings. The van der Waals surface area contributed by atoms with E-state index in [0.717, 1.165) is 21.5 Å². The van der Waals surface area contributed by atoms with E-state index in [2.05, 4.69) is 47.1 Å². The van der Waals surface area contributed by atoms with Gasteiger partial charge >= 0.3 is 0 Å². The molecule has 0 bridgehead atoms. The summed E-state index contributed by atoms with van der Waals surface area (Å²) in [4.78, 5) is 4.52. The number of aromatic nitrogens is 3. The molecule has 0 aliphatic carbocycles. The van der Waals surface area contributed by atoms with Gasteiger partial charge in [0.1, 0.15) is 5.52 Å². The largest absolute Gasteiger partial charge is 0.353 e. The van der Waals surface area contributed by atoms with Gasteiger partial charge in [-0.05, 0) is 24.9 Å². The number of hydrogen-bond acceptors (Lipinski definition) is 3. The van der Waals surface area contributed by atoms with E-state index in [1.54, 1.807) is 16.6 Å². The van der Waals surface area contributed by atoms with Crippen molar-refractivity contribution >= 4 is 47.7 Å². The van der Waals surface area contributed by atoms with Crippen LogP contribution in [0.2, 0.25) is 0 Å². The molecule has 18 heavy (non-hydrogen) atoms. The Labute approximate surface area is 110 Å². The van der Waals surface area contributed by atoms with Gasteiger partial charge in [0.25, 0.3) is 0 Å². The van der Waals surface area contributed by atoms with Crippen LogP contribution >= 0.6 is 18.8 Å². The normalized spacial score (nSPS) is 13.0. The van der Waals surface area contributed by atoms with Crippen LogP contribution in [0.25, 0.3) is 23.1 Å². The van der Waals surface area contributed by atoms with Crippen molar-refractivity contribution in [1.82, 2.24) is 14.5 Å². The molecule has 1 N–H and O–H groups in total. The average Bonchev–Trinajstić information content (AvgIpc) is 2.74. The van der Waals surface area contributed by atoms with E-state index in [4.69, 9.17) is 0 Å². The molecular weight excluding hydrogens is 262 g/mol. The highest BCUT2D eigenvalue weighted by molar-refractivity contribution is 7.18. The van der Waals surface area contributed by atoms with Crippen molar-refractivity contribution in [3.63, 3.8) is 0 Å². The van der Waals surface area contributed by atoms with Gasteiger partial charge in [-0.25, -0.2) is 4.98 Å². The minimum atomic E-state index is 0.713. The zero-order valence-electron chi connectivity index (χ0n) is 9.80. The minimum Gasteiger partial charge on any atom is -0.353 e. The van der Waals surface area contributed by atoms with Gasteiger partial charge < -0.3 is 5.09 Å². The first-order valence-electron chi connectivity index (χ1n) is 5.28. The lowest BCUT2D eigenvalue weighted by Gasteiger charge is -2.00. The lowest BCUT2D eigenvalue weighted by atomic mass is 10.2. The molecule has 0 amide bonds. The topological polar surface area (TPSA) is 42.7 Å². The van der Waals surface area contributed by atoms with E-state index in [1.165, 1.54) is 0 Å². The second-order valence-electron chi connectivity index (χ2n) is 3.58. The molecule has 2 atom stereocenters. The molecule has 2 rings (SSSR count). The molecule has 92 valence electrons. The number of pyridine rings is 1. The number of rotatable bonds is 3. The molecule has 0 saturated heterocycles. The Morgan fingerprint density at radius 2 is 2.00 bits per heavy atom. The first kappa shape index (κ1) is 12.9. The Morgan fingerprint density at radius 3 is 2.61 bits per heavy atom. The SMILES string of the molecule is C=C/C=c1\c(=C/C=C)nc(NP)c2nn(P)cc12. The number of hydrogen-bond donors (Lipinski definition) is 1. The van der Waals surface area contributed by atoms with E-state index in [1.807, 2.05) is 18.3 Å². The van der Waals surface area contributed by atoms with Crippen molar-refractivity contribution in [2.45, 2.75) is 0 Å². The first-order valence-corrected chi connectivity index (χ1v) is 6.37. The highest BCUT2D eigenvalue weighted by atomic mass is 31.0. The smallest absolute Gasteiger partial charge is 0.158 e. The third kappa shape index (κ3) is 2.22. The molecule has 6 heteroatoms. The molecular formula is C12H14N4P2. The molecule has 0 radical (unpaired) electrons. The van der Waals surface area contributed by atoms with Crippen LogP contribution in [-0.4, -0.2) is 14.5 Å². The van der Waals surface area contributed by atoms with Crippen molar-refractivity contribution < 1.29 is 0 Å². The average molecular weight is 276 g/mol. The molecule has 2 unspecified atom stereocenters. The van der Waals surface area contributed by atoms with Crippen LogP contribution in [0.3, 0.4) is 0 Å². The molecule has 0 aliphatic heterocycles. The minimum absolute atomic E-state index is 0.713. The Balaban J connectivity index is 3.06. The molecule has 0 aliphatic rings. The van der Waals surface area contributed by atoms with Gasteiger partial charge in [0.15, 0.2) is 5.82 Å². The third-order valence-corrected chi connectivity index (χ3v) is 2.99. The Kier molecular flexibility index (Phi) is 3.90. The molecule has 2 aromatic heterocycles. The molecule has 0 aromatic carbocycles. The van der Waals surface area contributed by atoms with Crippen molar-refractivity contribution in [2.24, 2.45) is 0 Å². The van der Waals surface area contributed by atoms with Gasteiger partial charge in [-0.15, -0.1) is 0 Å². The lowest BCUT2D eigenvalue weighted by Crippen LogP contribution is -2.29. The zero-order chi connectivity index (χ0) is 13.1. The monoisotopic (exact) mass is 276 g/mol. The van der Waals surface area contributed by atoms with Crippen LogP contribution in [0.5, 0.6) is 0 Å². The summed E-state index contributed by atoms with van der Waals surface area (Å²) in [5.74, 6) is 0.713. The van der Waals surface area contributed by atoms with E-state index in [0.29, 0.717) is 5.82 Å². The van der Waals surface area contributed by atoms with Gasteiger partial charge in [-0.3, -0.25) is 4.45 Å². The summed E-state index contributed by atoms with van der Waals surface area (Å²) >= 11 is 0. The van der Waals surface area contributed by atoms with Crippen LogP contribution in [0, 0.1) is 0 Å². The summed E-state index contributed by atoms with van der Waals surface area (Å²) in [6.45, 7) is 7.45. The first-order chi connectivity index (χ1) is 8.71. The van der Waals surface area contributed by atoms with Crippen LogP contribution in [0.4, 0.5) is 5.82 Å². The Hall–Kier alpha value is -1.50. The molecule has 4 nitrogen and oxygen atoms in total. The fraction of sp³-hybridized carbons (Fsp3) is 0. The van der Waals surface area contributed by atoms with Crippen LogP contribution < -0.4 is 15.7 Å².